The molecular formula is C17H13FN2O3. The SMILES string of the molecule is CCOc1ccc(-c2cc(C(=O)O)c3ccc(F)cc3n2)cn1. The van der Waals surface area contributed by atoms with Crippen molar-refractivity contribution in [2.75, 3.05) is 6.61 Å². The van der Waals surface area contributed by atoms with Crippen LogP contribution in [0.5, 0.6) is 5.88 Å². The van der Waals surface area contributed by atoms with E-state index in [9.17, 15) is 14.3 Å². The maximum absolute atomic E-state index is 13.4. The molecule has 0 saturated carbocycles. The Kier molecular flexibility index (Phi) is 3.89. The fourth-order valence-corrected chi connectivity index (χ4v) is 2.29. The third-order valence-electron chi connectivity index (χ3n) is 3.33. The molecule has 1 N–H and O–H groups in total. The molecule has 0 bridgehead atoms. The number of carboxylic acids is 1. The van der Waals surface area contributed by atoms with E-state index in [1.54, 1.807) is 18.3 Å². The third-order valence-corrected chi connectivity index (χ3v) is 3.33. The summed E-state index contributed by atoms with van der Waals surface area (Å²) < 4.78 is 18.7. The normalized spacial score (nSPS) is 10.7. The first kappa shape index (κ1) is 14.9. The summed E-state index contributed by atoms with van der Waals surface area (Å²) in [5.41, 5.74) is 1.39. The Balaban J connectivity index is 2.15. The van der Waals surface area contributed by atoms with Crippen LogP contribution in [0.3, 0.4) is 0 Å². The fraction of sp³-hybridized carbons (Fsp3) is 0.118. The monoisotopic (exact) mass is 312 g/mol. The lowest BCUT2D eigenvalue weighted by Gasteiger charge is -2.08. The number of ether oxygens (including phenoxy) is 1. The summed E-state index contributed by atoms with van der Waals surface area (Å²) >= 11 is 0. The van der Waals surface area contributed by atoms with E-state index in [2.05, 4.69) is 9.97 Å². The van der Waals surface area contributed by atoms with Crippen molar-refractivity contribution in [3.05, 3.63) is 54.0 Å². The lowest BCUT2D eigenvalue weighted by atomic mass is 10.0. The van der Waals surface area contributed by atoms with Crippen molar-refractivity contribution in [2.45, 2.75) is 6.92 Å². The van der Waals surface area contributed by atoms with Crippen LogP contribution in [0.4, 0.5) is 4.39 Å². The Bertz CT molecular complexity index is 879. The maximum Gasteiger partial charge on any atom is 0.336 e. The summed E-state index contributed by atoms with van der Waals surface area (Å²) in [4.78, 5) is 19.9. The predicted octanol–water partition coefficient (Wildman–Crippen LogP) is 3.53. The van der Waals surface area contributed by atoms with Crippen LogP contribution in [0.25, 0.3) is 22.2 Å². The highest BCUT2D eigenvalue weighted by Crippen LogP contribution is 2.26. The maximum atomic E-state index is 13.4. The van der Waals surface area contributed by atoms with Crippen LogP contribution in [-0.4, -0.2) is 27.7 Å². The second-order valence-corrected chi connectivity index (χ2v) is 4.84. The zero-order chi connectivity index (χ0) is 16.4. The van der Waals surface area contributed by atoms with Gasteiger partial charge < -0.3 is 9.84 Å². The topological polar surface area (TPSA) is 72.3 Å². The Morgan fingerprint density at radius 2 is 2.09 bits per heavy atom. The van der Waals surface area contributed by atoms with Crippen LogP contribution in [-0.2, 0) is 0 Å². The van der Waals surface area contributed by atoms with Crippen molar-refractivity contribution in [3.8, 4) is 17.1 Å². The first-order valence-electron chi connectivity index (χ1n) is 7.01. The number of hydrogen-bond acceptors (Lipinski definition) is 4. The predicted molar refractivity (Wildman–Crippen MR) is 83.1 cm³/mol. The molecule has 0 atom stereocenters. The molecule has 23 heavy (non-hydrogen) atoms. The molecule has 0 fully saturated rings. The molecule has 2 heterocycles. The Morgan fingerprint density at radius 3 is 2.74 bits per heavy atom. The van der Waals surface area contributed by atoms with Crippen molar-refractivity contribution >= 4 is 16.9 Å². The van der Waals surface area contributed by atoms with Gasteiger partial charge >= 0.3 is 5.97 Å². The number of nitrogens with zero attached hydrogens (tertiary/aromatic N) is 2. The third kappa shape index (κ3) is 2.96. The molecule has 6 heteroatoms. The van der Waals surface area contributed by atoms with Crippen molar-refractivity contribution in [1.82, 2.24) is 9.97 Å². The van der Waals surface area contributed by atoms with E-state index in [4.69, 9.17) is 4.74 Å². The zero-order valence-corrected chi connectivity index (χ0v) is 12.3. The van der Waals surface area contributed by atoms with Crippen molar-refractivity contribution < 1.29 is 19.0 Å². The number of halogens is 1. The average Bonchev–Trinajstić information content (AvgIpc) is 2.54. The first-order valence-corrected chi connectivity index (χ1v) is 7.01. The number of aromatic carboxylic acids is 1. The summed E-state index contributed by atoms with van der Waals surface area (Å²) in [7, 11) is 0. The quantitative estimate of drug-likeness (QED) is 0.798. The minimum absolute atomic E-state index is 0.0684. The zero-order valence-electron chi connectivity index (χ0n) is 12.3. The fourth-order valence-electron chi connectivity index (χ4n) is 2.29. The molecule has 3 rings (SSSR count). The molecule has 0 radical (unpaired) electrons. The molecule has 116 valence electrons. The van der Waals surface area contributed by atoms with Crippen LogP contribution < -0.4 is 4.74 Å². The molecule has 0 spiro atoms. The van der Waals surface area contributed by atoms with Gasteiger partial charge in [-0.15, -0.1) is 0 Å². The van der Waals surface area contributed by atoms with E-state index in [1.165, 1.54) is 24.3 Å². The molecule has 0 aliphatic heterocycles. The van der Waals surface area contributed by atoms with Gasteiger partial charge in [0.1, 0.15) is 5.82 Å². The molecule has 5 nitrogen and oxygen atoms in total. The number of aromatic nitrogens is 2. The van der Waals surface area contributed by atoms with Gasteiger partial charge in [-0.2, -0.15) is 0 Å². The van der Waals surface area contributed by atoms with E-state index in [0.29, 0.717) is 29.1 Å². The minimum Gasteiger partial charge on any atom is -0.478 e. The molecule has 1 aromatic carbocycles. The van der Waals surface area contributed by atoms with Crippen LogP contribution in [0.1, 0.15) is 17.3 Å². The molecule has 3 aromatic rings. The summed E-state index contributed by atoms with van der Waals surface area (Å²) in [6.45, 7) is 2.36. The lowest BCUT2D eigenvalue weighted by Crippen LogP contribution is -2.01. The number of hydrogen-bond donors (Lipinski definition) is 1. The number of carbonyl (C=O) groups is 1. The summed E-state index contributed by atoms with van der Waals surface area (Å²) in [6, 6.07) is 8.72. The molecular weight excluding hydrogens is 299 g/mol. The van der Waals surface area contributed by atoms with Gasteiger partial charge in [-0.05, 0) is 31.2 Å². The molecule has 0 unspecified atom stereocenters. The second-order valence-electron chi connectivity index (χ2n) is 4.84. The molecule has 0 aliphatic carbocycles. The first-order chi connectivity index (χ1) is 11.1. The van der Waals surface area contributed by atoms with Crippen molar-refractivity contribution in [1.29, 1.82) is 0 Å². The number of carboxylic acid groups (broad SMARTS) is 1. The molecule has 0 amide bonds. The van der Waals surface area contributed by atoms with Gasteiger partial charge in [0.2, 0.25) is 5.88 Å². The van der Waals surface area contributed by atoms with E-state index < -0.39 is 11.8 Å². The number of rotatable bonds is 4. The van der Waals surface area contributed by atoms with Gasteiger partial charge in [-0.1, -0.05) is 0 Å². The van der Waals surface area contributed by atoms with Crippen molar-refractivity contribution in [2.24, 2.45) is 0 Å². The molecule has 0 aliphatic rings. The van der Waals surface area contributed by atoms with Gasteiger partial charge in [0.15, 0.2) is 0 Å². The summed E-state index contributed by atoms with van der Waals surface area (Å²) in [5, 5.41) is 9.77. The van der Waals surface area contributed by atoms with Gasteiger partial charge in [0.05, 0.1) is 23.4 Å². The van der Waals surface area contributed by atoms with Crippen LogP contribution in [0, 0.1) is 5.82 Å². The molecule has 2 aromatic heterocycles. The van der Waals surface area contributed by atoms with Crippen LogP contribution >= 0.6 is 0 Å². The molecule has 0 saturated heterocycles. The van der Waals surface area contributed by atoms with Crippen molar-refractivity contribution in [3.63, 3.8) is 0 Å². The Morgan fingerprint density at radius 1 is 1.26 bits per heavy atom. The van der Waals surface area contributed by atoms with E-state index in [0.717, 1.165) is 0 Å². The van der Waals surface area contributed by atoms with Crippen LogP contribution in [0.15, 0.2) is 42.6 Å². The second kappa shape index (κ2) is 6.00. The van der Waals surface area contributed by atoms with Gasteiger partial charge in [-0.25, -0.2) is 19.2 Å². The average molecular weight is 312 g/mol. The number of pyridine rings is 2. The Labute approximate surface area is 131 Å². The van der Waals surface area contributed by atoms with E-state index in [-0.39, 0.29) is 11.1 Å². The van der Waals surface area contributed by atoms with E-state index in [1.807, 2.05) is 6.92 Å². The Hall–Kier alpha value is -3.02. The lowest BCUT2D eigenvalue weighted by molar-refractivity contribution is 0.0699. The highest BCUT2D eigenvalue weighted by Gasteiger charge is 2.13. The van der Waals surface area contributed by atoms with E-state index >= 15 is 0 Å². The highest BCUT2D eigenvalue weighted by atomic mass is 19.1. The highest BCUT2D eigenvalue weighted by molar-refractivity contribution is 6.03. The smallest absolute Gasteiger partial charge is 0.336 e. The largest absolute Gasteiger partial charge is 0.478 e. The summed E-state index contributed by atoms with van der Waals surface area (Å²) in [6.07, 6.45) is 1.55. The van der Waals surface area contributed by atoms with Crippen LogP contribution in [0.2, 0.25) is 0 Å². The standard InChI is InChI=1S/C17H13FN2O3/c1-2-23-16-6-3-10(9-19-16)14-8-13(17(21)22)12-5-4-11(18)7-15(12)20-14/h3-9H,2H2,1H3,(H,21,22). The van der Waals surface area contributed by atoms with Gasteiger partial charge in [0.25, 0.3) is 0 Å². The number of benzene rings is 1. The summed E-state index contributed by atoms with van der Waals surface area (Å²) in [5.74, 6) is -1.09. The number of fused-ring (bicyclic) bond motifs is 1. The van der Waals surface area contributed by atoms with Gasteiger partial charge in [-0.3, -0.25) is 0 Å². The minimum atomic E-state index is -1.09. The van der Waals surface area contributed by atoms with Gasteiger partial charge in [0, 0.05) is 29.3 Å².